The highest BCUT2D eigenvalue weighted by Crippen LogP contribution is 2.26. The van der Waals surface area contributed by atoms with E-state index >= 15 is 0 Å². The molecule has 0 unspecified atom stereocenters. The normalized spacial score (nSPS) is 11.1. The zero-order valence-electron chi connectivity index (χ0n) is 11.0. The van der Waals surface area contributed by atoms with Crippen LogP contribution in [-0.2, 0) is 10.1 Å². The molecule has 0 atom stereocenters. The summed E-state index contributed by atoms with van der Waals surface area (Å²) in [6.45, 7) is 1.85. The predicted octanol–water partition coefficient (Wildman–Crippen LogP) is 2.62. The third-order valence-electron chi connectivity index (χ3n) is 2.68. The molecule has 0 aromatic heterocycles. The topological polar surface area (TPSA) is 86.5 Å². The lowest BCUT2D eigenvalue weighted by atomic mass is 10.2. The molecular weight excluding hydrogens is 358 g/mol. The molecule has 0 saturated heterocycles. The van der Waals surface area contributed by atoms with Gasteiger partial charge in [0.1, 0.15) is 10.6 Å². The van der Waals surface area contributed by atoms with E-state index in [4.69, 9.17) is 9.92 Å². The van der Waals surface area contributed by atoms with E-state index in [0.717, 1.165) is 5.56 Å². The van der Waals surface area contributed by atoms with E-state index in [1.54, 1.807) is 12.1 Å². The van der Waals surface area contributed by atoms with Crippen molar-refractivity contribution in [3.8, 4) is 5.75 Å². The van der Waals surface area contributed by atoms with Gasteiger partial charge in [-0.3, -0.25) is 4.79 Å². The number of amides is 1. The molecule has 2 aromatic rings. The molecule has 0 saturated carbocycles. The molecule has 2 aromatic carbocycles. The summed E-state index contributed by atoms with van der Waals surface area (Å²) < 4.78 is 29.9. The van der Waals surface area contributed by atoms with Crippen molar-refractivity contribution in [3.05, 3.63) is 58.1 Å². The second-order valence-electron chi connectivity index (χ2n) is 4.36. The van der Waals surface area contributed by atoms with Crippen LogP contribution < -0.4 is 9.92 Å². The van der Waals surface area contributed by atoms with Crippen LogP contribution in [0.2, 0.25) is 0 Å². The Kier molecular flexibility index (Phi) is 4.34. The average Bonchev–Trinajstić information content (AvgIpc) is 2.37. The minimum atomic E-state index is -4.00. The first kappa shape index (κ1) is 15.5. The quantitative estimate of drug-likeness (QED) is 0.839. The molecule has 0 aliphatic heterocycles. The van der Waals surface area contributed by atoms with Crippen molar-refractivity contribution in [3.63, 3.8) is 0 Å². The Morgan fingerprint density at radius 3 is 2.52 bits per heavy atom. The molecule has 1 amide bonds. The fourth-order valence-electron chi connectivity index (χ4n) is 1.68. The summed E-state index contributed by atoms with van der Waals surface area (Å²) in [5, 5.41) is 0. The first-order chi connectivity index (χ1) is 9.79. The summed E-state index contributed by atoms with van der Waals surface area (Å²) in [5.41, 5.74) is 6.23. The van der Waals surface area contributed by atoms with Crippen molar-refractivity contribution in [2.24, 2.45) is 5.73 Å². The number of hydrogen-bond donors (Lipinski definition) is 1. The molecule has 5 nitrogen and oxygen atoms in total. The van der Waals surface area contributed by atoms with Crippen LogP contribution in [0.4, 0.5) is 0 Å². The number of halogens is 1. The maximum atomic E-state index is 12.2. The van der Waals surface area contributed by atoms with Crippen molar-refractivity contribution in [2.75, 3.05) is 0 Å². The van der Waals surface area contributed by atoms with E-state index in [1.165, 1.54) is 30.3 Å². The van der Waals surface area contributed by atoms with Gasteiger partial charge in [0.2, 0.25) is 5.91 Å². The van der Waals surface area contributed by atoms with Crippen molar-refractivity contribution >= 4 is 32.0 Å². The van der Waals surface area contributed by atoms with Crippen molar-refractivity contribution < 1.29 is 17.4 Å². The molecule has 0 radical (unpaired) electrons. The molecule has 0 aliphatic carbocycles. The van der Waals surface area contributed by atoms with Crippen molar-refractivity contribution in [1.82, 2.24) is 0 Å². The molecule has 0 heterocycles. The van der Waals surface area contributed by atoms with Gasteiger partial charge in [0.15, 0.2) is 0 Å². The standard InChI is InChI=1S/C14H12BrNO4S/c1-9-5-6-13(12(15)7-9)21(18,19)20-11-4-2-3-10(8-11)14(16)17/h2-8H,1H3,(H2,16,17). The predicted molar refractivity (Wildman–Crippen MR) is 81.7 cm³/mol. The first-order valence-electron chi connectivity index (χ1n) is 5.90. The highest BCUT2D eigenvalue weighted by Gasteiger charge is 2.20. The van der Waals surface area contributed by atoms with E-state index in [0.29, 0.717) is 4.47 Å². The van der Waals surface area contributed by atoms with E-state index < -0.39 is 16.0 Å². The van der Waals surface area contributed by atoms with Crippen LogP contribution in [0.3, 0.4) is 0 Å². The molecule has 7 heteroatoms. The average molecular weight is 370 g/mol. The largest absolute Gasteiger partial charge is 0.379 e. The summed E-state index contributed by atoms with van der Waals surface area (Å²) in [6, 6.07) is 10.5. The molecule has 0 spiro atoms. The maximum absolute atomic E-state index is 12.2. The van der Waals surface area contributed by atoms with Gasteiger partial charge in [0.25, 0.3) is 0 Å². The Labute approximate surface area is 131 Å². The van der Waals surface area contributed by atoms with Gasteiger partial charge in [-0.05, 0) is 58.7 Å². The van der Waals surface area contributed by atoms with Crippen LogP contribution in [0.1, 0.15) is 15.9 Å². The molecule has 2 rings (SSSR count). The lowest BCUT2D eigenvalue weighted by Gasteiger charge is -2.09. The minimum absolute atomic E-state index is 0.0116. The van der Waals surface area contributed by atoms with Gasteiger partial charge in [0.05, 0.1) is 0 Å². The highest BCUT2D eigenvalue weighted by atomic mass is 79.9. The van der Waals surface area contributed by atoms with E-state index in [-0.39, 0.29) is 16.2 Å². The van der Waals surface area contributed by atoms with Crippen LogP contribution in [0.25, 0.3) is 0 Å². The van der Waals surface area contributed by atoms with Gasteiger partial charge < -0.3 is 9.92 Å². The van der Waals surface area contributed by atoms with E-state index in [2.05, 4.69) is 15.9 Å². The van der Waals surface area contributed by atoms with E-state index in [9.17, 15) is 13.2 Å². The Hall–Kier alpha value is -1.86. The number of aryl methyl sites for hydroxylation is 1. The van der Waals surface area contributed by atoms with Crippen LogP contribution in [0, 0.1) is 6.92 Å². The third-order valence-corrected chi connectivity index (χ3v) is 4.91. The second-order valence-corrected chi connectivity index (χ2v) is 6.73. The van der Waals surface area contributed by atoms with Crippen LogP contribution >= 0.6 is 15.9 Å². The number of carbonyl (C=O) groups is 1. The third kappa shape index (κ3) is 3.62. The number of carbonyl (C=O) groups excluding carboxylic acids is 1. The van der Waals surface area contributed by atoms with Gasteiger partial charge in [-0.2, -0.15) is 8.42 Å². The summed E-state index contributed by atoms with van der Waals surface area (Å²) in [5.74, 6) is -0.631. The first-order valence-corrected chi connectivity index (χ1v) is 8.10. The number of nitrogens with two attached hydrogens (primary N) is 1. The summed E-state index contributed by atoms with van der Waals surface area (Å²) >= 11 is 3.20. The second kappa shape index (κ2) is 5.87. The van der Waals surface area contributed by atoms with Crippen molar-refractivity contribution in [1.29, 1.82) is 0 Å². The minimum Gasteiger partial charge on any atom is -0.379 e. The molecule has 0 fully saturated rings. The summed E-state index contributed by atoms with van der Waals surface area (Å²) in [6.07, 6.45) is 0. The van der Waals surface area contributed by atoms with Crippen molar-refractivity contribution in [2.45, 2.75) is 11.8 Å². The Balaban J connectivity index is 2.37. The molecule has 0 bridgehead atoms. The van der Waals surface area contributed by atoms with Gasteiger partial charge in [-0.25, -0.2) is 0 Å². The van der Waals surface area contributed by atoms with Gasteiger partial charge in [-0.1, -0.05) is 12.1 Å². The van der Waals surface area contributed by atoms with Gasteiger partial charge in [0, 0.05) is 10.0 Å². The number of primary amides is 1. The Morgan fingerprint density at radius 1 is 1.19 bits per heavy atom. The fourth-order valence-corrected chi connectivity index (χ4v) is 3.75. The lowest BCUT2D eigenvalue weighted by molar-refractivity contribution is 0.1000. The monoisotopic (exact) mass is 369 g/mol. The summed E-state index contributed by atoms with van der Waals surface area (Å²) in [4.78, 5) is 11.1. The Morgan fingerprint density at radius 2 is 1.90 bits per heavy atom. The fraction of sp³-hybridized carbons (Fsp3) is 0.0714. The number of rotatable bonds is 4. The number of hydrogen-bond acceptors (Lipinski definition) is 4. The maximum Gasteiger partial charge on any atom is 0.340 e. The van der Waals surface area contributed by atoms with Gasteiger partial charge >= 0.3 is 10.1 Å². The molecular formula is C14H12BrNO4S. The smallest absolute Gasteiger partial charge is 0.340 e. The van der Waals surface area contributed by atoms with Crippen LogP contribution in [0.15, 0.2) is 51.8 Å². The highest BCUT2D eigenvalue weighted by molar-refractivity contribution is 9.10. The Bertz CT molecular complexity index is 802. The zero-order chi connectivity index (χ0) is 15.6. The lowest BCUT2D eigenvalue weighted by Crippen LogP contribution is -2.13. The van der Waals surface area contributed by atoms with E-state index in [1.807, 2.05) is 6.92 Å². The summed E-state index contributed by atoms with van der Waals surface area (Å²) in [7, 11) is -4.00. The van der Waals surface area contributed by atoms with Crippen LogP contribution in [-0.4, -0.2) is 14.3 Å². The molecule has 21 heavy (non-hydrogen) atoms. The SMILES string of the molecule is Cc1ccc(S(=O)(=O)Oc2cccc(C(N)=O)c2)c(Br)c1. The molecule has 2 N–H and O–H groups in total. The van der Waals surface area contributed by atoms with Crippen LogP contribution in [0.5, 0.6) is 5.75 Å². The molecule has 110 valence electrons. The van der Waals surface area contributed by atoms with Gasteiger partial charge in [-0.15, -0.1) is 0 Å². The number of benzene rings is 2. The molecule has 0 aliphatic rings. The zero-order valence-corrected chi connectivity index (χ0v) is 13.4.